The third-order valence-corrected chi connectivity index (χ3v) is 11.3. The first-order chi connectivity index (χ1) is 20.1. The van der Waals surface area contributed by atoms with Gasteiger partial charge in [-0.25, -0.2) is 10.0 Å². The van der Waals surface area contributed by atoms with Gasteiger partial charge in [0.15, 0.2) is 0 Å². The van der Waals surface area contributed by atoms with Crippen LogP contribution in [0, 0.1) is 6.92 Å². The number of aryl methyl sites for hydroxylation is 1. The predicted molar refractivity (Wildman–Crippen MR) is 165 cm³/mol. The number of benzene rings is 4. The molecule has 7 rings (SSSR count). The maximum atomic E-state index is 7.97. The third kappa shape index (κ3) is 3.75. The van der Waals surface area contributed by atoms with Gasteiger partial charge in [-0.05, 0) is 61.0 Å². The van der Waals surface area contributed by atoms with Crippen molar-refractivity contribution in [3.63, 3.8) is 0 Å². The van der Waals surface area contributed by atoms with Crippen LogP contribution in [0.3, 0.4) is 0 Å². The zero-order valence-corrected chi connectivity index (χ0v) is 23.1. The molecule has 0 fully saturated rings. The fourth-order valence-electron chi connectivity index (χ4n) is 5.60. The summed E-state index contributed by atoms with van der Waals surface area (Å²) in [6.07, 6.45) is 1.87. The Hall–Kier alpha value is -4.39. The van der Waals surface area contributed by atoms with Crippen molar-refractivity contribution in [2.75, 3.05) is 17.1 Å². The lowest BCUT2D eigenvalue weighted by atomic mass is 10.1. The van der Waals surface area contributed by atoms with Crippen LogP contribution in [0.1, 0.15) is 9.68 Å². The Morgan fingerprint density at radius 3 is 2.36 bits per heavy atom. The summed E-state index contributed by atoms with van der Waals surface area (Å²) < 4.78 is 26.2. The van der Waals surface area contributed by atoms with Crippen LogP contribution in [-0.2, 0) is 4.94 Å². The van der Waals surface area contributed by atoms with Gasteiger partial charge in [0.1, 0.15) is 13.9 Å². The fraction of sp³-hybridized carbons (Fsp3) is 0.121. The zero-order valence-electron chi connectivity index (χ0n) is 25.1. The molecule has 4 aromatic carbocycles. The smallest absolute Gasteiger partial charge is 0.137 e. The molecule has 1 aliphatic heterocycles. The SMILES string of the molecule is [2H]C([2H])([2H])N1ON(c2cccc([Si](C)(C)c3ccc4c5ccccc5n(-c5cc(C)ccn5)c4c3)c2)c2ccccc21. The van der Waals surface area contributed by atoms with Crippen molar-refractivity contribution in [3.8, 4) is 5.82 Å². The van der Waals surface area contributed by atoms with E-state index in [1.54, 1.807) is 11.1 Å². The van der Waals surface area contributed by atoms with Crippen LogP contribution in [0.25, 0.3) is 27.6 Å². The Bertz CT molecular complexity index is 1980. The van der Waals surface area contributed by atoms with E-state index in [1.165, 1.54) is 21.1 Å². The van der Waals surface area contributed by atoms with Crippen molar-refractivity contribution in [3.05, 3.63) is 115 Å². The largest absolute Gasteiger partial charge is 0.294 e. The summed E-state index contributed by atoms with van der Waals surface area (Å²) in [5.41, 5.74) is 5.42. The first-order valence-corrected chi connectivity index (χ1v) is 16.1. The Balaban J connectivity index is 1.34. The van der Waals surface area contributed by atoms with Crippen LogP contribution in [0.2, 0.25) is 13.1 Å². The van der Waals surface area contributed by atoms with E-state index in [4.69, 9.17) is 14.0 Å². The fourth-order valence-corrected chi connectivity index (χ4v) is 7.95. The van der Waals surface area contributed by atoms with Crippen molar-refractivity contribution in [2.24, 2.45) is 0 Å². The van der Waals surface area contributed by atoms with Gasteiger partial charge in [-0.2, -0.15) is 5.06 Å². The molecule has 6 aromatic rings. The highest BCUT2D eigenvalue weighted by Gasteiger charge is 2.30. The number of anilines is 3. The first-order valence-electron chi connectivity index (χ1n) is 14.6. The zero-order chi connectivity index (χ0) is 29.2. The van der Waals surface area contributed by atoms with E-state index in [2.05, 4.69) is 85.2 Å². The number of hydrogen-bond donors (Lipinski definition) is 0. The molecule has 2 aromatic heterocycles. The van der Waals surface area contributed by atoms with Gasteiger partial charge in [0.05, 0.1) is 28.1 Å². The van der Waals surface area contributed by atoms with E-state index in [0.29, 0.717) is 11.4 Å². The van der Waals surface area contributed by atoms with E-state index in [-0.39, 0.29) is 0 Å². The lowest BCUT2D eigenvalue weighted by Crippen LogP contribution is -2.52. The number of fused-ring (bicyclic) bond motifs is 4. The average Bonchev–Trinajstić information content (AvgIpc) is 3.54. The molecule has 39 heavy (non-hydrogen) atoms. The minimum atomic E-state index is -2.43. The van der Waals surface area contributed by atoms with Crippen LogP contribution >= 0.6 is 0 Å². The second kappa shape index (κ2) is 8.83. The summed E-state index contributed by atoms with van der Waals surface area (Å²) in [4.78, 5) is 10.7. The topological polar surface area (TPSA) is 33.5 Å². The molecule has 3 heterocycles. The molecule has 0 atom stereocenters. The molecule has 5 nitrogen and oxygen atoms in total. The molecular formula is C33H30N4OSi. The quantitative estimate of drug-likeness (QED) is 0.237. The van der Waals surface area contributed by atoms with E-state index in [0.717, 1.165) is 33.2 Å². The van der Waals surface area contributed by atoms with Crippen LogP contribution in [0.15, 0.2) is 109 Å². The summed E-state index contributed by atoms with van der Waals surface area (Å²) in [6.45, 7) is 4.35. The standard InChI is InChI=1S/C33H30N4OSi/c1-23-18-19-34-33(20-23)36-29-13-6-5-12-27(29)28-17-16-26(22-32(28)36)39(3,4)25-11-9-10-24(21-25)37-31-15-8-7-14-30(31)35(2)38-37/h5-22H,1-4H3/i2D3. The molecule has 0 amide bonds. The van der Waals surface area contributed by atoms with Crippen molar-refractivity contribution >= 4 is 57.3 Å². The molecule has 6 heteroatoms. The summed E-state index contributed by atoms with van der Waals surface area (Å²) in [5.74, 6) is 0.906. The molecular weight excluding hydrogens is 496 g/mol. The molecule has 1 aliphatic rings. The lowest BCUT2D eigenvalue weighted by molar-refractivity contribution is 0.142. The Kier molecular flexibility index (Phi) is 4.65. The number of rotatable bonds is 4. The monoisotopic (exact) mass is 529 g/mol. The van der Waals surface area contributed by atoms with Crippen molar-refractivity contribution in [1.82, 2.24) is 9.55 Å². The van der Waals surface area contributed by atoms with Crippen molar-refractivity contribution in [2.45, 2.75) is 20.0 Å². The van der Waals surface area contributed by atoms with Gasteiger partial charge in [-0.1, -0.05) is 78.1 Å². The Morgan fingerprint density at radius 1 is 0.744 bits per heavy atom. The molecule has 0 bridgehead atoms. The molecule has 0 unspecified atom stereocenters. The van der Waals surface area contributed by atoms with Crippen LogP contribution in [-0.4, -0.2) is 24.6 Å². The highest BCUT2D eigenvalue weighted by Crippen LogP contribution is 2.40. The number of hydrogen-bond acceptors (Lipinski definition) is 4. The molecule has 192 valence electrons. The van der Waals surface area contributed by atoms with Gasteiger partial charge >= 0.3 is 0 Å². The van der Waals surface area contributed by atoms with Gasteiger partial charge in [-0.15, -0.1) is 4.94 Å². The van der Waals surface area contributed by atoms with Gasteiger partial charge in [0, 0.05) is 28.1 Å². The number of hydroxylamine groups is 1. The highest BCUT2D eigenvalue weighted by atomic mass is 28.3. The molecule has 0 radical (unpaired) electrons. The molecule has 0 spiro atoms. The average molecular weight is 530 g/mol. The summed E-state index contributed by atoms with van der Waals surface area (Å²) in [7, 11) is -2.22. The second-order valence-corrected chi connectivity index (χ2v) is 15.0. The second-order valence-electron chi connectivity index (χ2n) is 10.6. The van der Waals surface area contributed by atoms with E-state index >= 15 is 0 Å². The number of nitrogens with zero attached hydrogens (tertiary/aromatic N) is 4. The summed E-state index contributed by atoms with van der Waals surface area (Å²) in [6, 6.07) is 35.1. The minimum Gasteiger partial charge on any atom is -0.294 e. The molecule has 0 saturated heterocycles. The van der Waals surface area contributed by atoms with Crippen LogP contribution in [0.4, 0.5) is 17.1 Å². The lowest BCUT2D eigenvalue weighted by Gasteiger charge is -2.26. The van der Waals surface area contributed by atoms with Gasteiger partial charge in [0.2, 0.25) is 0 Å². The molecule has 0 aliphatic carbocycles. The van der Waals surface area contributed by atoms with Gasteiger partial charge in [-0.3, -0.25) is 4.57 Å². The van der Waals surface area contributed by atoms with Crippen LogP contribution < -0.4 is 20.5 Å². The summed E-state index contributed by atoms with van der Waals surface area (Å²) >= 11 is 0. The maximum absolute atomic E-state index is 7.97. The number of pyridine rings is 1. The van der Waals surface area contributed by atoms with Gasteiger partial charge in [0.25, 0.3) is 0 Å². The van der Waals surface area contributed by atoms with Crippen molar-refractivity contribution < 1.29 is 9.05 Å². The number of aromatic nitrogens is 2. The maximum Gasteiger partial charge on any atom is 0.137 e. The Labute approximate surface area is 233 Å². The highest BCUT2D eigenvalue weighted by molar-refractivity contribution is 7.00. The normalized spacial score (nSPS) is 14.9. The molecule has 0 N–H and O–H groups in total. The van der Waals surface area contributed by atoms with Crippen molar-refractivity contribution in [1.29, 1.82) is 0 Å². The molecule has 0 saturated carbocycles. The Morgan fingerprint density at radius 2 is 1.51 bits per heavy atom. The van der Waals surface area contributed by atoms with E-state index in [1.807, 2.05) is 42.6 Å². The summed E-state index contributed by atoms with van der Waals surface area (Å²) in [5, 5.41) is 7.51. The predicted octanol–water partition coefficient (Wildman–Crippen LogP) is 6.74. The first kappa shape index (κ1) is 20.6. The van der Waals surface area contributed by atoms with E-state index in [9.17, 15) is 0 Å². The minimum absolute atomic E-state index is 0.516. The van der Waals surface area contributed by atoms with Crippen LogP contribution in [0.5, 0.6) is 0 Å². The third-order valence-electron chi connectivity index (χ3n) is 7.81. The van der Waals surface area contributed by atoms with Gasteiger partial charge < -0.3 is 0 Å². The van der Waals surface area contributed by atoms with E-state index < -0.39 is 15.0 Å². The number of para-hydroxylation sites is 3.